The van der Waals surface area contributed by atoms with E-state index >= 15 is 0 Å². The summed E-state index contributed by atoms with van der Waals surface area (Å²) in [6.45, 7) is 1.34. The highest BCUT2D eigenvalue weighted by Crippen LogP contribution is 2.34. The molecule has 1 aliphatic rings. The Bertz CT molecular complexity index is 1520. The zero-order valence-corrected chi connectivity index (χ0v) is 21.0. The molecule has 0 aliphatic carbocycles. The molecule has 2 aromatic heterocycles. The lowest BCUT2D eigenvalue weighted by atomic mass is 9.99. The Kier molecular flexibility index (Phi) is 7.76. The van der Waals surface area contributed by atoms with E-state index in [9.17, 15) is 40.4 Å². The maximum absolute atomic E-state index is 14.7. The Labute approximate surface area is 220 Å². The number of ketones is 1. The summed E-state index contributed by atoms with van der Waals surface area (Å²) >= 11 is 0. The monoisotopic (exact) mass is 565 g/mol. The van der Waals surface area contributed by atoms with E-state index in [1.165, 1.54) is 19.2 Å². The van der Waals surface area contributed by atoms with E-state index < -0.39 is 51.9 Å². The number of alkyl halides is 4. The number of pyridine rings is 1. The fraction of sp³-hybridized carbons (Fsp3) is 0.320. The number of Topliss-reactive ketones (excluding diaryl/α,β-unsaturated/α-hetero) is 1. The Morgan fingerprint density at radius 3 is 2.36 bits per heavy atom. The number of hydrogen-bond acceptors (Lipinski definition) is 7. The van der Waals surface area contributed by atoms with E-state index in [-0.39, 0.29) is 41.0 Å². The molecule has 3 atom stereocenters. The highest BCUT2D eigenvalue weighted by atomic mass is 32.2. The number of rotatable bonds is 7. The van der Waals surface area contributed by atoms with E-state index in [4.69, 9.17) is 0 Å². The summed E-state index contributed by atoms with van der Waals surface area (Å²) in [6, 6.07) is 4.83. The first kappa shape index (κ1) is 28.2. The summed E-state index contributed by atoms with van der Waals surface area (Å²) in [5.74, 6) is -2.58. The Morgan fingerprint density at radius 1 is 1.13 bits per heavy atom. The summed E-state index contributed by atoms with van der Waals surface area (Å²) in [7, 11) is -4.33. The summed E-state index contributed by atoms with van der Waals surface area (Å²) in [4.78, 5) is 23.5. The molecule has 0 unspecified atom stereocenters. The zero-order chi connectivity index (χ0) is 28.5. The third-order valence-electron chi connectivity index (χ3n) is 6.39. The predicted molar refractivity (Wildman–Crippen MR) is 126 cm³/mol. The van der Waals surface area contributed by atoms with Gasteiger partial charge in [-0.2, -0.15) is 22.7 Å². The quantitative estimate of drug-likeness (QED) is 0.393. The van der Waals surface area contributed by atoms with Gasteiger partial charge in [-0.1, -0.05) is 0 Å². The van der Waals surface area contributed by atoms with Gasteiger partial charge in [0.15, 0.2) is 5.78 Å². The van der Waals surface area contributed by atoms with Gasteiger partial charge in [-0.05, 0) is 49.2 Å². The van der Waals surface area contributed by atoms with E-state index in [0.29, 0.717) is 5.56 Å². The first-order valence-corrected chi connectivity index (χ1v) is 13.0. The van der Waals surface area contributed by atoms with Crippen molar-refractivity contribution in [3.63, 3.8) is 0 Å². The van der Waals surface area contributed by atoms with Gasteiger partial charge in [-0.15, -0.1) is 0 Å². The number of carbonyl (C=O) groups excluding carboxylic acids is 1. The van der Waals surface area contributed by atoms with Crippen molar-refractivity contribution in [1.29, 1.82) is 5.26 Å². The molecule has 14 heteroatoms. The average Bonchev–Trinajstić information content (AvgIpc) is 3.21. The van der Waals surface area contributed by atoms with Gasteiger partial charge in [0.2, 0.25) is 15.8 Å². The average molecular weight is 566 g/mol. The fourth-order valence-corrected chi connectivity index (χ4v) is 6.17. The largest absolute Gasteiger partial charge is 0.451 e. The molecule has 4 rings (SSSR count). The topological polar surface area (TPSA) is 117 Å². The molecule has 3 heterocycles. The van der Waals surface area contributed by atoms with Crippen LogP contribution in [0.3, 0.4) is 0 Å². The third-order valence-corrected chi connectivity index (χ3v) is 8.40. The van der Waals surface area contributed by atoms with Crippen LogP contribution in [0.15, 0.2) is 53.8 Å². The first-order chi connectivity index (χ1) is 18.3. The van der Waals surface area contributed by atoms with Crippen LogP contribution in [-0.4, -0.2) is 51.7 Å². The van der Waals surface area contributed by atoms with E-state index in [0.717, 1.165) is 41.0 Å². The number of nitriles is 1. The minimum absolute atomic E-state index is 0.0506. The number of aryl methyl sites for hydroxylation is 1. The van der Waals surface area contributed by atoms with Gasteiger partial charge < -0.3 is 0 Å². The molecule has 1 saturated heterocycles. The molecule has 204 valence electrons. The second kappa shape index (κ2) is 10.7. The smallest absolute Gasteiger partial charge is 0.298 e. The Hall–Kier alpha value is -3.83. The SMILES string of the molecule is C[C@H]1[C@H](F)C[C@@H](C(=O)CCc2cc(-c3cnc(C(F)(F)F)nc3)ncc2C#N)N1S(=O)(=O)c1ccc(F)cc1. The van der Waals surface area contributed by atoms with Crippen LogP contribution in [0.25, 0.3) is 11.3 Å². The van der Waals surface area contributed by atoms with E-state index in [2.05, 4.69) is 15.0 Å². The van der Waals surface area contributed by atoms with Crippen molar-refractivity contribution < 1.29 is 35.2 Å². The van der Waals surface area contributed by atoms with Crippen molar-refractivity contribution in [1.82, 2.24) is 19.3 Å². The van der Waals surface area contributed by atoms with Gasteiger partial charge >= 0.3 is 6.18 Å². The highest BCUT2D eigenvalue weighted by molar-refractivity contribution is 7.89. The van der Waals surface area contributed by atoms with Gasteiger partial charge in [0.05, 0.1) is 28.2 Å². The van der Waals surface area contributed by atoms with Crippen molar-refractivity contribution in [3.05, 3.63) is 71.7 Å². The van der Waals surface area contributed by atoms with Crippen molar-refractivity contribution in [2.75, 3.05) is 0 Å². The van der Waals surface area contributed by atoms with E-state index in [1.807, 2.05) is 6.07 Å². The number of benzene rings is 1. The van der Waals surface area contributed by atoms with E-state index in [1.54, 1.807) is 0 Å². The Balaban J connectivity index is 1.56. The van der Waals surface area contributed by atoms with Gasteiger partial charge in [0, 0.05) is 37.0 Å². The van der Waals surface area contributed by atoms with Crippen molar-refractivity contribution in [3.8, 4) is 17.3 Å². The summed E-state index contributed by atoms with van der Waals surface area (Å²) in [6.07, 6.45) is -3.97. The molecule has 0 radical (unpaired) electrons. The highest BCUT2D eigenvalue weighted by Gasteiger charge is 2.48. The number of hydrogen-bond donors (Lipinski definition) is 0. The lowest BCUT2D eigenvalue weighted by Crippen LogP contribution is -2.44. The fourth-order valence-electron chi connectivity index (χ4n) is 4.34. The number of carbonyl (C=O) groups is 1. The maximum Gasteiger partial charge on any atom is 0.451 e. The predicted octanol–water partition coefficient (Wildman–Crippen LogP) is 4.26. The molecule has 0 N–H and O–H groups in total. The molecule has 1 aliphatic heterocycles. The van der Waals surface area contributed by atoms with Gasteiger partial charge in [-0.25, -0.2) is 27.2 Å². The van der Waals surface area contributed by atoms with Crippen LogP contribution >= 0.6 is 0 Å². The third kappa shape index (κ3) is 5.79. The maximum atomic E-state index is 14.7. The molecular formula is C25H20F5N5O3S. The van der Waals surface area contributed by atoms with Crippen LogP contribution in [0.4, 0.5) is 22.0 Å². The number of nitrogens with zero attached hydrogens (tertiary/aromatic N) is 5. The molecule has 1 aromatic carbocycles. The van der Waals surface area contributed by atoms with Crippen molar-refractivity contribution >= 4 is 15.8 Å². The Morgan fingerprint density at radius 2 is 1.77 bits per heavy atom. The number of sulfonamides is 1. The summed E-state index contributed by atoms with van der Waals surface area (Å²) < 4.78 is 93.5. The van der Waals surface area contributed by atoms with Crippen LogP contribution in [0, 0.1) is 17.1 Å². The van der Waals surface area contributed by atoms with Crippen molar-refractivity contribution in [2.45, 2.75) is 55.5 Å². The van der Waals surface area contributed by atoms with Gasteiger partial charge in [0.1, 0.15) is 18.1 Å². The van der Waals surface area contributed by atoms with Crippen LogP contribution < -0.4 is 0 Å². The molecule has 3 aromatic rings. The first-order valence-electron chi connectivity index (χ1n) is 11.6. The minimum atomic E-state index is -4.73. The normalized spacial score (nSPS) is 20.1. The summed E-state index contributed by atoms with van der Waals surface area (Å²) in [5.41, 5.74) is 0.718. The molecule has 1 fully saturated rings. The van der Waals surface area contributed by atoms with Crippen LogP contribution in [0.2, 0.25) is 0 Å². The molecule has 8 nitrogen and oxygen atoms in total. The van der Waals surface area contributed by atoms with Crippen LogP contribution in [-0.2, 0) is 27.4 Å². The molecule has 39 heavy (non-hydrogen) atoms. The second-order valence-electron chi connectivity index (χ2n) is 8.89. The zero-order valence-electron chi connectivity index (χ0n) is 20.2. The molecule has 0 saturated carbocycles. The second-order valence-corrected chi connectivity index (χ2v) is 10.7. The summed E-state index contributed by atoms with van der Waals surface area (Å²) in [5, 5.41) is 9.46. The standard InChI is InChI=1S/C25H20F5N5O3S/c1-14-20(27)9-22(35(14)39(37,38)19-5-3-18(26)4-6-19)23(36)7-2-15-8-21(32-11-16(15)10-31)17-12-33-24(34-13-17)25(28,29)30/h3-6,8,11-14,20,22H,2,7,9H2,1H3/t14-,20+,22-/m0/s1. The lowest BCUT2D eigenvalue weighted by molar-refractivity contribution is -0.145. The molecular weight excluding hydrogens is 545 g/mol. The van der Waals surface area contributed by atoms with Crippen molar-refractivity contribution in [2.24, 2.45) is 0 Å². The minimum Gasteiger partial charge on any atom is -0.298 e. The number of halogens is 5. The van der Waals surface area contributed by atoms with Crippen LogP contribution in [0.1, 0.15) is 36.7 Å². The van der Waals surface area contributed by atoms with Crippen LogP contribution in [0.5, 0.6) is 0 Å². The molecule has 0 spiro atoms. The van der Waals surface area contributed by atoms with Gasteiger partial charge in [-0.3, -0.25) is 9.78 Å². The number of aromatic nitrogens is 3. The lowest BCUT2D eigenvalue weighted by Gasteiger charge is -2.26. The van der Waals surface area contributed by atoms with Gasteiger partial charge in [0.25, 0.3) is 0 Å². The molecule has 0 amide bonds. The molecule has 0 bridgehead atoms.